The van der Waals surface area contributed by atoms with Crippen molar-refractivity contribution in [2.45, 2.75) is 121 Å². The van der Waals surface area contributed by atoms with Crippen LogP contribution in [0.25, 0.3) is 0 Å². The van der Waals surface area contributed by atoms with Gasteiger partial charge in [0.2, 0.25) is 0 Å². The molecule has 1 aliphatic heterocycles. The van der Waals surface area contributed by atoms with Gasteiger partial charge in [0.05, 0.1) is 35.5 Å². The summed E-state index contributed by atoms with van der Waals surface area (Å²) in [7, 11) is 0. The van der Waals surface area contributed by atoms with Crippen molar-refractivity contribution in [3.05, 3.63) is 77.1 Å². The van der Waals surface area contributed by atoms with Crippen molar-refractivity contribution in [2.24, 2.45) is 16.7 Å². The Labute approximate surface area is 318 Å². The summed E-state index contributed by atoms with van der Waals surface area (Å²) < 4.78 is 23.1. The summed E-state index contributed by atoms with van der Waals surface area (Å²) >= 11 is 0. The molecule has 1 unspecified atom stereocenters. The number of alkyl carbamates (subject to hydrolysis) is 1. The first-order valence-corrected chi connectivity index (χ1v) is 18.3. The van der Waals surface area contributed by atoms with Crippen molar-refractivity contribution in [3.63, 3.8) is 0 Å². The maximum absolute atomic E-state index is 14.7. The number of aromatic nitrogens is 1. The second kappa shape index (κ2) is 14.0. The molecule has 6 N–H and O–H groups in total. The minimum Gasteiger partial charge on any atom is -0.456 e. The minimum atomic E-state index is -2.32. The lowest BCUT2D eigenvalue weighted by Crippen LogP contribution is -2.81. The van der Waals surface area contributed by atoms with Gasteiger partial charge >= 0.3 is 18.0 Å². The van der Waals surface area contributed by atoms with Crippen LogP contribution in [0.15, 0.2) is 65.9 Å². The number of pyridine rings is 1. The molecule has 6 rings (SSSR count). The van der Waals surface area contributed by atoms with E-state index in [1.807, 2.05) is 0 Å². The van der Waals surface area contributed by atoms with Crippen LogP contribution in [0, 0.1) is 16.7 Å². The number of amides is 1. The molecule has 2 aromatic rings. The number of rotatable bonds is 7. The van der Waals surface area contributed by atoms with E-state index in [-0.39, 0.29) is 35.4 Å². The van der Waals surface area contributed by atoms with E-state index in [4.69, 9.17) is 18.9 Å². The molecule has 11 atom stereocenters. The fourth-order valence-electron chi connectivity index (χ4n) is 9.03. The highest BCUT2D eigenvalue weighted by Crippen LogP contribution is 2.63. The Balaban J connectivity index is 1.45. The molecule has 298 valence electrons. The number of carbonyl (C=O) groups excluding carboxylic acids is 4. The number of esters is 2. The molecule has 0 spiro atoms. The van der Waals surface area contributed by atoms with Gasteiger partial charge in [-0.2, -0.15) is 0 Å². The number of hydrogen-bond acceptors (Lipinski definition) is 14. The summed E-state index contributed by atoms with van der Waals surface area (Å²) in [6.07, 6.45) is -10.0. The first kappa shape index (κ1) is 40.4. The van der Waals surface area contributed by atoms with E-state index >= 15 is 0 Å². The maximum Gasteiger partial charge on any atom is 0.408 e. The molecule has 1 saturated heterocycles. The highest BCUT2D eigenvalue weighted by Gasteiger charge is 2.76. The van der Waals surface area contributed by atoms with Gasteiger partial charge in [-0.1, -0.05) is 38.1 Å². The van der Waals surface area contributed by atoms with Crippen LogP contribution in [0.2, 0.25) is 0 Å². The first-order chi connectivity index (χ1) is 25.6. The van der Waals surface area contributed by atoms with Crippen LogP contribution >= 0.6 is 0 Å². The van der Waals surface area contributed by atoms with Crippen LogP contribution in [0.4, 0.5) is 4.79 Å². The van der Waals surface area contributed by atoms with Gasteiger partial charge < -0.3 is 49.8 Å². The van der Waals surface area contributed by atoms with Crippen molar-refractivity contribution >= 4 is 23.8 Å². The first-order valence-electron chi connectivity index (χ1n) is 18.3. The van der Waals surface area contributed by atoms with E-state index in [1.54, 1.807) is 65.0 Å². The number of fused-ring (bicyclic) bond motifs is 5. The zero-order valence-electron chi connectivity index (χ0n) is 31.9. The van der Waals surface area contributed by atoms with Gasteiger partial charge in [0.15, 0.2) is 11.9 Å². The Bertz CT molecular complexity index is 1860. The number of carbonyl (C=O) groups is 4. The number of ketones is 1. The van der Waals surface area contributed by atoms with Crippen molar-refractivity contribution in [2.75, 3.05) is 6.61 Å². The van der Waals surface area contributed by atoms with Crippen LogP contribution in [0.5, 0.6) is 0 Å². The van der Waals surface area contributed by atoms with E-state index in [2.05, 4.69) is 10.3 Å². The van der Waals surface area contributed by atoms with E-state index < -0.39 is 106 Å². The summed E-state index contributed by atoms with van der Waals surface area (Å²) in [6.45, 7) is 10.5. The van der Waals surface area contributed by atoms with Gasteiger partial charge in [0.25, 0.3) is 0 Å². The summed E-state index contributed by atoms with van der Waals surface area (Å²) in [6, 6.07) is 11.1. The van der Waals surface area contributed by atoms with Crippen LogP contribution in [-0.2, 0) is 28.5 Å². The standard InChI is InChI=1S/C40H50N2O13/c1-20-23(53-34(48)29(45)27(22-15-11-12-16-41-22)42-35(49)55-36(2,3)4)18-40(51)32(54-33(47)21-13-9-8-10-14-21)30-38(7,24(43)17-25-39(30,50)19-52-25)31(46)28(44)26(20)37(40,5)6/h8-16,23-25,27-30,32,43-45,50-51H,17-19H2,1-7H3,(H,42,49)/t23?,24-,25+,27-,28+,29+,30-,32-,38+,39-,40+/m0/s1. The van der Waals surface area contributed by atoms with E-state index in [0.717, 1.165) is 0 Å². The zero-order chi connectivity index (χ0) is 40.5. The van der Waals surface area contributed by atoms with E-state index in [9.17, 15) is 44.7 Å². The lowest BCUT2D eigenvalue weighted by atomic mass is 9.44. The van der Waals surface area contributed by atoms with Crippen LogP contribution in [-0.4, -0.2) is 114 Å². The third-order valence-electron chi connectivity index (χ3n) is 12.1. The average Bonchev–Trinajstić information content (AvgIpc) is 3.12. The molecule has 15 nitrogen and oxygen atoms in total. The molecule has 2 bridgehead atoms. The van der Waals surface area contributed by atoms with Crippen LogP contribution in [0.1, 0.15) is 83.4 Å². The molecule has 55 heavy (non-hydrogen) atoms. The number of Topliss-reactive ketones (excluding diaryl/α,β-unsaturated/α-hetero) is 1. The topological polar surface area (TPSA) is 231 Å². The Morgan fingerprint density at radius 2 is 1.65 bits per heavy atom. The lowest BCUT2D eigenvalue weighted by Gasteiger charge is -2.66. The Kier molecular flexibility index (Phi) is 10.3. The third-order valence-corrected chi connectivity index (χ3v) is 12.1. The third kappa shape index (κ3) is 6.64. The fraction of sp³-hybridized carbons (Fsp3) is 0.575. The zero-order valence-corrected chi connectivity index (χ0v) is 31.9. The number of benzene rings is 1. The van der Waals surface area contributed by atoms with E-state index in [0.29, 0.717) is 0 Å². The predicted octanol–water partition coefficient (Wildman–Crippen LogP) is 2.08. The van der Waals surface area contributed by atoms with Crippen molar-refractivity contribution in [3.8, 4) is 0 Å². The smallest absolute Gasteiger partial charge is 0.408 e. The summed E-state index contributed by atoms with van der Waals surface area (Å²) in [5.41, 5.74) is -8.44. The Morgan fingerprint density at radius 1 is 1.00 bits per heavy atom. The average molecular weight is 767 g/mol. The number of ether oxygens (including phenoxy) is 4. The normalized spacial score (nSPS) is 35.0. The number of nitrogens with zero attached hydrogens (tertiary/aromatic N) is 1. The monoisotopic (exact) mass is 766 g/mol. The molecule has 1 aromatic carbocycles. The Hall–Kier alpha value is -4.25. The van der Waals surface area contributed by atoms with Gasteiger partial charge in [0, 0.05) is 30.4 Å². The van der Waals surface area contributed by atoms with Gasteiger partial charge in [0.1, 0.15) is 41.2 Å². The highest BCUT2D eigenvalue weighted by atomic mass is 16.6. The second-order valence-electron chi connectivity index (χ2n) is 16.9. The molecule has 4 aliphatic rings. The van der Waals surface area contributed by atoms with Gasteiger partial charge in [-0.3, -0.25) is 9.78 Å². The highest BCUT2D eigenvalue weighted by molar-refractivity contribution is 5.94. The largest absolute Gasteiger partial charge is 0.456 e. The quantitative estimate of drug-likeness (QED) is 0.135. The molecule has 1 aromatic heterocycles. The van der Waals surface area contributed by atoms with Crippen molar-refractivity contribution < 1.29 is 63.7 Å². The number of aliphatic hydroxyl groups excluding tert-OH is 3. The molecular formula is C40H50N2O13. The van der Waals surface area contributed by atoms with E-state index in [1.165, 1.54) is 38.2 Å². The molecule has 2 heterocycles. The van der Waals surface area contributed by atoms with Gasteiger partial charge in [-0.05, 0) is 70.0 Å². The summed E-state index contributed by atoms with van der Waals surface area (Å²) in [5.74, 6) is -4.61. The SMILES string of the molecule is CC1=C2[C@@H](O)C(=O)[C@@]3(C)[C@H]([C@H](OC(=O)c4ccccc4)[C@](O)(CC1OC(=O)[C@H](O)[C@@H](NC(=O)OC(C)(C)C)c1ccccn1)C2(C)C)[C@]1(O)CO[C@@H]1C[C@@H]3O. The Morgan fingerprint density at radius 3 is 2.24 bits per heavy atom. The number of hydrogen-bond donors (Lipinski definition) is 6. The second-order valence-corrected chi connectivity index (χ2v) is 16.9. The van der Waals surface area contributed by atoms with Gasteiger partial charge in [-0.15, -0.1) is 0 Å². The summed E-state index contributed by atoms with van der Waals surface area (Å²) in [4.78, 5) is 59.6. The molecule has 0 radical (unpaired) electrons. The maximum atomic E-state index is 14.7. The van der Waals surface area contributed by atoms with Gasteiger partial charge in [-0.25, -0.2) is 14.4 Å². The molecule has 15 heteroatoms. The molecule has 3 aliphatic carbocycles. The van der Waals surface area contributed by atoms with Crippen LogP contribution < -0.4 is 5.32 Å². The molecule has 2 saturated carbocycles. The van der Waals surface area contributed by atoms with Crippen LogP contribution in [0.3, 0.4) is 0 Å². The van der Waals surface area contributed by atoms with Crippen molar-refractivity contribution in [1.82, 2.24) is 10.3 Å². The molecule has 1 amide bonds. The lowest BCUT2D eigenvalue weighted by molar-refractivity contribution is -0.343. The molecule has 3 fully saturated rings. The minimum absolute atomic E-state index is 0.0571. The predicted molar refractivity (Wildman–Crippen MR) is 192 cm³/mol. The number of nitrogens with one attached hydrogen (secondary N) is 1. The van der Waals surface area contributed by atoms with Crippen molar-refractivity contribution in [1.29, 1.82) is 0 Å². The number of aliphatic hydroxyl groups is 5. The molecular weight excluding hydrogens is 716 g/mol. The fourth-order valence-corrected chi connectivity index (χ4v) is 9.03. The summed E-state index contributed by atoms with van der Waals surface area (Å²) in [5, 5.41) is 63.1.